The van der Waals surface area contributed by atoms with Crippen LogP contribution in [0.25, 0.3) is 33.7 Å². The van der Waals surface area contributed by atoms with E-state index < -0.39 is 0 Å². The van der Waals surface area contributed by atoms with Crippen molar-refractivity contribution in [1.29, 1.82) is 0 Å². The number of nitrogens with one attached hydrogen (secondary N) is 2. The van der Waals surface area contributed by atoms with Gasteiger partial charge in [0.1, 0.15) is 11.6 Å². The summed E-state index contributed by atoms with van der Waals surface area (Å²) in [7, 11) is 1.66. The summed E-state index contributed by atoms with van der Waals surface area (Å²) in [6.45, 7) is 0. The van der Waals surface area contributed by atoms with Gasteiger partial charge in [0.05, 0.1) is 35.6 Å². The van der Waals surface area contributed by atoms with Crippen molar-refractivity contribution < 1.29 is 4.74 Å². The fraction of sp³-hybridized carbons (Fsp3) is 0.0588. The Morgan fingerprint density at radius 3 is 2.59 bits per heavy atom. The van der Waals surface area contributed by atoms with E-state index in [1.165, 1.54) is 0 Å². The second-order valence-corrected chi connectivity index (χ2v) is 4.99. The van der Waals surface area contributed by atoms with E-state index >= 15 is 0 Å². The van der Waals surface area contributed by atoms with Crippen molar-refractivity contribution in [1.82, 2.24) is 20.2 Å². The molecule has 0 bridgehead atoms. The number of nitrogens with zero attached hydrogens (tertiary/aromatic N) is 2. The first-order valence-electron chi connectivity index (χ1n) is 6.98. The average molecular weight is 290 g/mol. The van der Waals surface area contributed by atoms with Crippen molar-refractivity contribution in [2.75, 3.05) is 7.11 Å². The summed E-state index contributed by atoms with van der Waals surface area (Å²) in [5.41, 5.74) is 4.87. The van der Waals surface area contributed by atoms with Gasteiger partial charge in [0, 0.05) is 5.56 Å². The normalized spacial score (nSPS) is 11.0. The first-order valence-corrected chi connectivity index (χ1v) is 6.98. The topological polar surface area (TPSA) is 66.6 Å². The standard InChI is InChI=1S/C17H14N4O/c1-22-12-8-6-11(7-9-12)16-13(10-18-21-16)17-19-14-4-2-3-5-15(14)20-17/h2-10H,1H3,(H,18,21)(H,19,20). The maximum Gasteiger partial charge on any atom is 0.142 e. The number of ether oxygens (including phenoxy) is 1. The van der Waals surface area contributed by atoms with E-state index in [9.17, 15) is 0 Å². The van der Waals surface area contributed by atoms with E-state index in [2.05, 4.69) is 20.2 Å². The Balaban J connectivity index is 1.81. The number of imidazole rings is 1. The van der Waals surface area contributed by atoms with Crippen LogP contribution in [0.15, 0.2) is 54.7 Å². The molecule has 5 nitrogen and oxygen atoms in total. The van der Waals surface area contributed by atoms with E-state index in [4.69, 9.17) is 4.74 Å². The molecule has 0 aliphatic carbocycles. The lowest BCUT2D eigenvalue weighted by Crippen LogP contribution is -1.86. The zero-order valence-corrected chi connectivity index (χ0v) is 12.0. The maximum absolute atomic E-state index is 5.20. The summed E-state index contributed by atoms with van der Waals surface area (Å²) < 4.78 is 5.20. The molecule has 4 rings (SSSR count). The summed E-state index contributed by atoms with van der Waals surface area (Å²) in [6, 6.07) is 15.8. The molecule has 0 aliphatic heterocycles. The van der Waals surface area contributed by atoms with E-state index in [1.54, 1.807) is 13.3 Å². The number of hydrogen-bond donors (Lipinski definition) is 2. The molecule has 4 aromatic rings. The van der Waals surface area contributed by atoms with Crippen LogP contribution in [0.2, 0.25) is 0 Å². The molecular formula is C17H14N4O. The predicted molar refractivity (Wildman–Crippen MR) is 85.7 cm³/mol. The third kappa shape index (κ3) is 2.03. The zero-order valence-electron chi connectivity index (χ0n) is 12.0. The molecule has 0 unspecified atom stereocenters. The largest absolute Gasteiger partial charge is 0.497 e. The van der Waals surface area contributed by atoms with Crippen LogP contribution < -0.4 is 4.74 Å². The summed E-state index contributed by atoms with van der Waals surface area (Å²) in [4.78, 5) is 7.97. The molecule has 2 heterocycles. The monoisotopic (exact) mass is 290 g/mol. The Labute approximate surface area is 127 Å². The molecule has 0 saturated carbocycles. The Morgan fingerprint density at radius 1 is 1.00 bits per heavy atom. The Bertz CT molecular complexity index is 888. The van der Waals surface area contributed by atoms with Crippen LogP contribution in [0.3, 0.4) is 0 Å². The number of H-pyrrole nitrogens is 2. The van der Waals surface area contributed by atoms with Gasteiger partial charge >= 0.3 is 0 Å². The zero-order chi connectivity index (χ0) is 14.9. The van der Waals surface area contributed by atoms with Gasteiger partial charge in [-0.2, -0.15) is 5.10 Å². The van der Waals surface area contributed by atoms with Gasteiger partial charge in [0.15, 0.2) is 0 Å². The molecule has 0 aliphatic rings. The van der Waals surface area contributed by atoms with Crippen molar-refractivity contribution in [2.45, 2.75) is 0 Å². The lowest BCUT2D eigenvalue weighted by molar-refractivity contribution is 0.415. The minimum Gasteiger partial charge on any atom is -0.497 e. The molecule has 2 N–H and O–H groups in total. The van der Waals surface area contributed by atoms with Gasteiger partial charge in [-0.3, -0.25) is 5.10 Å². The van der Waals surface area contributed by atoms with Crippen LogP contribution in [0.5, 0.6) is 5.75 Å². The predicted octanol–water partition coefficient (Wildman–Crippen LogP) is 3.63. The van der Waals surface area contributed by atoms with E-state index in [1.807, 2.05) is 48.5 Å². The molecule has 0 amide bonds. The van der Waals surface area contributed by atoms with Gasteiger partial charge in [0.25, 0.3) is 0 Å². The van der Waals surface area contributed by atoms with Gasteiger partial charge < -0.3 is 9.72 Å². The summed E-state index contributed by atoms with van der Waals surface area (Å²) >= 11 is 0. The Hall–Kier alpha value is -3.08. The van der Waals surface area contributed by atoms with Crippen LogP contribution in [-0.4, -0.2) is 27.3 Å². The molecule has 0 saturated heterocycles. The molecular weight excluding hydrogens is 276 g/mol. The minimum atomic E-state index is 0.806. The number of rotatable bonds is 3. The molecule has 0 radical (unpaired) electrons. The Kier molecular flexibility index (Phi) is 2.89. The molecule has 0 fully saturated rings. The lowest BCUT2D eigenvalue weighted by Gasteiger charge is -2.03. The smallest absolute Gasteiger partial charge is 0.142 e. The highest BCUT2D eigenvalue weighted by molar-refractivity contribution is 5.83. The maximum atomic E-state index is 5.20. The summed E-state index contributed by atoms with van der Waals surface area (Å²) in [5.74, 6) is 1.63. The highest BCUT2D eigenvalue weighted by atomic mass is 16.5. The van der Waals surface area contributed by atoms with Crippen molar-refractivity contribution >= 4 is 11.0 Å². The Morgan fingerprint density at radius 2 is 1.82 bits per heavy atom. The van der Waals surface area contributed by atoms with Gasteiger partial charge in [-0.1, -0.05) is 12.1 Å². The number of benzene rings is 2. The van der Waals surface area contributed by atoms with Crippen molar-refractivity contribution in [3.63, 3.8) is 0 Å². The van der Waals surface area contributed by atoms with Crippen LogP contribution >= 0.6 is 0 Å². The number of para-hydroxylation sites is 2. The summed E-state index contributed by atoms with van der Waals surface area (Å²) in [6.07, 6.45) is 1.79. The first-order chi connectivity index (χ1) is 10.8. The minimum absolute atomic E-state index is 0.806. The van der Waals surface area contributed by atoms with Crippen molar-refractivity contribution in [3.05, 3.63) is 54.7 Å². The molecule has 5 heteroatoms. The first kappa shape index (κ1) is 12.6. The van der Waals surface area contributed by atoms with Crippen LogP contribution in [0, 0.1) is 0 Å². The fourth-order valence-electron chi connectivity index (χ4n) is 2.52. The molecule has 2 aromatic carbocycles. The number of fused-ring (bicyclic) bond motifs is 1. The van der Waals surface area contributed by atoms with Crippen LogP contribution in [-0.2, 0) is 0 Å². The van der Waals surface area contributed by atoms with Crippen LogP contribution in [0.1, 0.15) is 0 Å². The third-order valence-corrected chi connectivity index (χ3v) is 3.66. The number of hydrogen-bond acceptors (Lipinski definition) is 3. The third-order valence-electron chi connectivity index (χ3n) is 3.66. The lowest BCUT2D eigenvalue weighted by atomic mass is 10.1. The van der Waals surface area contributed by atoms with E-state index in [0.717, 1.165) is 39.4 Å². The molecule has 0 atom stereocenters. The second kappa shape index (κ2) is 5.04. The molecule has 0 spiro atoms. The highest BCUT2D eigenvalue weighted by Crippen LogP contribution is 2.30. The van der Waals surface area contributed by atoms with E-state index in [-0.39, 0.29) is 0 Å². The SMILES string of the molecule is COc1ccc(-c2[nH]ncc2-c2nc3ccccc3[nH]2)cc1. The number of methoxy groups -OCH3 is 1. The average Bonchev–Trinajstić information content (AvgIpc) is 3.21. The van der Waals surface area contributed by atoms with Crippen molar-refractivity contribution in [3.8, 4) is 28.4 Å². The summed E-state index contributed by atoms with van der Waals surface area (Å²) in [5, 5.41) is 7.22. The van der Waals surface area contributed by atoms with E-state index in [0.29, 0.717) is 0 Å². The van der Waals surface area contributed by atoms with Crippen molar-refractivity contribution in [2.24, 2.45) is 0 Å². The van der Waals surface area contributed by atoms with Gasteiger partial charge in [0.2, 0.25) is 0 Å². The second-order valence-electron chi connectivity index (χ2n) is 4.99. The van der Waals surface area contributed by atoms with Crippen LogP contribution in [0.4, 0.5) is 0 Å². The fourth-order valence-corrected chi connectivity index (χ4v) is 2.52. The molecule has 2 aromatic heterocycles. The number of aromatic amines is 2. The van der Waals surface area contributed by atoms with Gasteiger partial charge in [-0.15, -0.1) is 0 Å². The molecule has 22 heavy (non-hydrogen) atoms. The quantitative estimate of drug-likeness (QED) is 0.605. The van der Waals surface area contributed by atoms with Gasteiger partial charge in [-0.05, 0) is 36.4 Å². The number of aromatic nitrogens is 4. The van der Waals surface area contributed by atoms with Gasteiger partial charge in [-0.25, -0.2) is 4.98 Å². The molecule has 108 valence electrons. The highest BCUT2D eigenvalue weighted by Gasteiger charge is 2.13.